The third-order valence-electron chi connectivity index (χ3n) is 4.30. The zero-order chi connectivity index (χ0) is 20.7. The molecule has 0 spiro atoms. The lowest BCUT2D eigenvalue weighted by molar-refractivity contribution is -0.137. The van der Waals surface area contributed by atoms with Crippen LogP contribution in [0.25, 0.3) is 6.08 Å². The zero-order valence-electron chi connectivity index (χ0n) is 17.3. The molecule has 2 rings (SSSR count). The number of carbonyl (C=O) groups excluding carboxylic acids is 2. The highest BCUT2D eigenvalue weighted by atomic mass is 16.5. The van der Waals surface area contributed by atoms with E-state index < -0.39 is 0 Å². The van der Waals surface area contributed by atoms with Crippen LogP contribution in [-0.2, 0) is 27.3 Å². The third-order valence-corrected chi connectivity index (χ3v) is 4.30. The van der Waals surface area contributed by atoms with E-state index in [0.29, 0.717) is 24.6 Å². The normalized spacial score (nSPS) is 11.2. The average molecular weight is 383 g/mol. The Kier molecular flexibility index (Phi) is 7.55. The highest BCUT2D eigenvalue weighted by Gasteiger charge is 2.15. The number of nitrogens with zero attached hydrogens (tertiary/aromatic N) is 2. The molecule has 1 amide bonds. The van der Waals surface area contributed by atoms with Gasteiger partial charge in [0.25, 0.3) is 0 Å². The second kappa shape index (κ2) is 9.88. The number of esters is 1. The standard InChI is InChI=1S/C22H29N3O3/c1-6-28-22(27)12-9-18-7-10-19(11-8-18)23-21(26)13-20-16(4)24-25(17(20)5)14-15(2)3/h7-12,15H,6,13-14H2,1-5H3,(H,23,26)/b12-9+. The summed E-state index contributed by atoms with van der Waals surface area (Å²) in [5.41, 5.74) is 4.48. The lowest BCUT2D eigenvalue weighted by Crippen LogP contribution is -2.15. The van der Waals surface area contributed by atoms with Gasteiger partial charge in [-0.15, -0.1) is 0 Å². The largest absolute Gasteiger partial charge is 0.463 e. The van der Waals surface area contributed by atoms with Crippen molar-refractivity contribution < 1.29 is 14.3 Å². The van der Waals surface area contributed by atoms with Gasteiger partial charge in [0.05, 0.1) is 18.7 Å². The lowest BCUT2D eigenvalue weighted by Gasteiger charge is -2.08. The number of amides is 1. The first-order chi connectivity index (χ1) is 13.3. The summed E-state index contributed by atoms with van der Waals surface area (Å²) in [6.45, 7) is 11.2. The molecular formula is C22H29N3O3. The zero-order valence-corrected chi connectivity index (χ0v) is 17.3. The van der Waals surface area contributed by atoms with Gasteiger partial charge in [0.1, 0.15) is 0 Å². The number of carbonyl (C=O) groups is 2. The summed E-state index contributed by atoms with van der Waals surface area (Å²) >= 11 is 0. The Morgan fingerprint density at radius 3 is 2.50 bits per heavy atom. The number of hydrogen-bond acceptors (Lipinski definition) is 4. The summed E-state index contributed by atoms with van der Waals surface area (Å²) in [5.74, 6) is 0.0461. The van der Waals surface area contributed by atoms with E-state index in [2.05, 4.69) is 24.3 Å². The summed E-state index contributed by atoms with van der Waals surface area (Å²) in [4.78, 5) is 23.8. The molecule has 0 aliphatic heterocycles. The van der Waals surface area contributed by atoms with Gasteiger partial charge >= 0.3 is 5.97 Å². The first-order valence-corrected chi connectivity index (χ1v) is 9.57. The summed E-state index contributed by atoms with van der Waals surface area (Å²) < 4.78 is 6.83. The predicted molar refractivity (Wildman–Crippen MR) is 111 cm³/mol. The maximum Gasteiger partial charge on any atom is 0.330 e. The van der Waals surface area contributed by atoms with Gasteiger partial charge in [0.15, 0.2) is 0 Å². The number of ether oxygens (including phenoxy) is 1. The number of anilines is 1. The first-order valence-electron chi connectivity index (χ1n) is 9.57. The van der Waals surface area contributed by atoms with Crippen LogP contribution in [0, 0.1) is 19.8 Å². The minimum absolute atomic E-state index is 0.0786. The SMILES string of the molecule is CCOC(=O)/C=C/c1ccc(NC(=O)Cc2c(C)nn(CC(C)C)c2C)cc1. The minimum Gasteiger partial charge on any atom is -0.463 e. The van der Waals surface area contributed by atoms with E-state index in [1.165, 1.54) is 6.08 Å². The van der Waals surface area contributed by atoms with Gasteiger partial charge in [0.2, 0.25) is 5.91 Å². The van der Waals surface area contributed by atoms with Gasteiger partial charge in [-0.05, 0) is 50.5 Å². The van der Waals surface area contributed by atoms with E-state index in [-0.39, 0.29) is 11.9 Å². The van der Waals surface area contributed by atoms with Crippen LogP contribution in [-0.4, -0.2) is 28.3 Å². The van der Waals surface area contributed by atoms with Crippen LogP contribution < -0.4 is 5.32 Å². The van der Waals surface area contributed by atoms with Crippen LogP contribution in [0.3, 0.4) is 0 Å². The molecule has 0 saturated heterocycles. The molecule has 0 bridgehead atoms. The monoisotopic (exact) mass is 383 g/mol. The lowest BCUT2D eigenvalue weighted by atomic mass is 10.1. The fourth-order valence-electron chi connectivity index (χ4n) is 2.91. The molecule has 0 saturated carbocycles. The maximum atomic E-state index is 12.5. The Balaban J connectivity index is 1.98. The number of rotatable bonds is 8. The van der Waals surface area contributed by atoms with E-state index >= 15 is 0 Å². The van der Waals surface area contributed by atoms with Crippen molar-refractivity contribution >= 4 is 23.6 Å². The van der Waals surface area contributed by atoms with Gasteiger partial charge < -0.3 is 10.1 Å². The van der Waals surface area contributed by atoms with E-state index in [1.807, 2.05) is 42.8 Å². The molecule has 2 aromatic rings. The Morgan fingerprint density at radius 1 is 1.21 bits per heavy atom. The average Bonchev–Trinajstić information content (AvgIpc) is 2.88. The third kappa shape index (κ3) is 6.08. The van der Waals surface area contributed by atoms with Crippen molar-refractivity contribution in [2.45, 2.75) is 47.6 Å². The van der Waals surface area contributed by atoms with Crippen molar-refractivity contribution in [2.24, 2.45) is 5.92 Å². The van der Waals surface area contributed by atoms with Crippen molar-refractivity contribution in [3.8, 4) is 0 Å². The second-order valence-electron chi connectivity index (χ2n) is 7.16. The molecule has 150 valence electrons. The molecule has 0 aliphatic carbocycles. The molecule has 0 radical (unpaired) electrons. The molecule has 1 aromatic heterocycles. The summed E-state index contributed by atoms with van der Waals surface area (Å²) in [5, 5.41) is 7.48. The molecule has 0 aliphatic rings. The van der Waals surface area contributed by atoms with E-state index in [4.69, 9.17) is 4.74 Å². The molecule has 0 fully saturated rings. The molecule has 6 nitrogen and oxygen atoms in total. The van der Waals surface area contributed by atoms with Crippen LogP contribution in [0.1, 0.15) is 43.3 Å². The van der Waals surface area contributed by atoms with Crippen LogP contribution in [0.2, 0.25) is 0 Å². The molecule has 1 aromatic carbocycles. The van der Waals surface area contributed by atoms with Crippen molar-refractivity contribution in [3.63, 3.8) is 0 Å². The summed E-state index contributed by atoms with van der Waals surface area (Å²) in [6, 6.07) is 7.29. The van der Waals surface area contributed by atoms with E-state index in [1.54, 1.807) is 13.0 Å². The minimum atomic E-state index is -0.372. The van der Waals surface area contributed by atoms with Crippen molar-refractivity contribution in [1.82, 2.24) is 9.78 Å². The molecule has 0 unspecified atom stereocenters. The van der Waals surface area contributed by atoms with Crippen LogP contribution in [0.5, 0.6) is 0 Å². The van der Waals surface area contributed by atoms with Gasteiger partial charge in [-0.2, -0.15) is 5.10 Å². The quantitative estimate of drug-likeness (QED) is 0.554. The number of aromatic nitrogens is 2. The number of hydrogen-bond donors (Lipinski definition) is 1. The van der Waals surface area contributed by atoms with Gasteiger partial charge in [-0.25, -0.2) is 4.79 Å². The van der Waals surface area contributed by atoms with Gasteiger partial charge in [-0.3, -0.25) is 9.48 Å². The second-order valence-corrected chi connectivity index (χ2v) is 7.16. The number of aryl methyl sites for hydroxylation is 1. The summed E-state index contributed by atoms with van der Waals surface area (Å²) in [6.07, 6.45) is 3.36. The number of benzene rings is 1. The fourth-order valence-corrected chi connectivity index (χ4v) is 2.91. The topological polar surface area (TPSA) is 73.2 Å². The molecule has 1 N–H and O–H groups in total. The van der Waals surface area contributed by atoms with Crippen LogP contribution in [0.15, 0.2) is 30.3 Å². The Bertz CT molecular complexity index is 849. The van der Waals surface area contributed by atoms with Crippen molar-refractivity contribution in [2.75, 3.05) is 11.9 Å². The van der Waals surface area contributed by atoms with E-state index in [0.717, 1.165) is 29.1 Å². The smallest absolute Gasteiger partial charge is 0.330 e. The number of nitrogens with one attached hydrogen (secondary N) is 1. The van der Waals surface area contributed by atoms with Gasteiger partial charge in [0, 0.05) is 29.6 Å². The molecule has 28 heavy (non-hydrogen) atoms. The van der Waals surface area contributed by atoms with Crippen molar-refractivity contribution in [1.29, 1.82) is 0 Å². The fraction of sp³-hybridized carbons (Fsp3) is 0.409. The Hall–Kier alpha value is -2.89. The molecular weight excluding hydrogens is 354 g/mol. The molecule has 0 atom stereocenters. The molecule has 6 heteroatoms. The molecule has 1 heterocycles. The highest BCUT2D eigenvalue weighted by molar-refractivity contribution is 5.92. The Labute approximate surface area is 166 Å². The van der Waals surface area contributed by atoms with Crippen molar-refractivity contribution in [3.05, 3.63) is 52.9 Å². The first kappa shape index (κ1) is 21.4. The highest BCUT2D eigenvalue weighted by Crippen LogP contribution is 2.17. The summed E-state index contributed by atoms with van der Waals surface area (Å²) in [7, 11) is 0. The Morgan fingerprint density at radius 2 is 1.89 bits per heavy atom. The predicted octanol–water partition coefficient (Wildman–Crippen LogP) is 3.91. The van der Waals surface area contributed by atoms with Gasteiger partial charge in [-0.1, -0.05) is 26.0 Å². The van der Waals surface area contributed by atoms with E-state index in [9.17, 15) is 9.59 Å². The van der Waals surface area contributed by atoms with Crippen LogP contribution >= 0.6 is 0 Å². The maximum absolute atomic E-state index is 12.5. The van der Waals surface area contributed by atoms with Crippen LogP contribution in [0.4, 0.5) is 5.69 Å².